The molecule has 0 saturated carbocycles. The molecule has 2 N–H and O–H groups in total. The number of nitrogens with one attached hydrogen (secondary N) is 2. The van der Waals surface area contributed by atoms with E-state index in [9.17, 15) is 13.2 Å². The first kappa shape index (κ1) is 12.5. The molecule has 0 spiro atoms. The van der Waals surface area contributed by atoms with Crippen molar-refractivity contribution in [2.45, 2.75) is 19.0 Å². The van der Waals surface area contributed by atoms with Gasteiger partial charge in [0.15, 0.2) is 0 Å². The van der Waals surface area contributed by atoms with E-state index in [1.165, 1.54) is 6.20 Å². The zero-order chi connectivity index (χ0) is 12.0. The van der Waals surface area contributed by atoms with E-state index in [-0.39, 0.29) is 13.0 Å². The second-order valence-electron chi connectivity index (χ2n) is 3.16. The van der Waals surface area contributed by atoms with Crippen LogP contribution >= 0.6 is 0 Å². The summed E-state index contributed by atoms with van der Waals surface area (Å²) in [7, 11) is 1.67. The zero-order valence-electron chi connectivity index (χ0n) is 8.80. The van der Waals surface area contributed by atoms with Gasteiger partial charge in [-0.2, -0.15) is 18.2 Å². The molecule has 0 atom stereocenters. The predicted octanol–water partition coefficient (Wildman–Crippen LogP) is 2.27. The van der Waals surface area contributed by atoms with Gasteiger partial charge in [0.2, 0.25) is 5.95 Å². The van der Waals surface area contributed by atoms with E-state index in [1.54, 1.807) is 13.1 Å². The van der Waals surface area contributed by atoms with Crippen LogP contribution in [0, 0.1) is 0 Å². The first-order chi connectivity index (χ1) is 7.51. The Morgan fingerprint density at radius 2 is 2.12 bits per heavy atom. The molecule has 0 aliphatic heterocycles. The molecule has 1 aromatic heterocycles. The number of rotatable bonds is 5. The average Bonchev–Trinajstić information content (AvgIpc) is 2.23. The van der Waals surface area contributed by atoms with E-state index in [1.807, 2.05) is 0 Å². The molecule has 16 heavy (non-hydrogen) atoms. The van der Waals surface area contributed by atoms with Crippen molar-refractivity contribution < 1.29 is 13.2 Å². The number of aromatic nitrogens is 2. The van der Waals surface area contributed by atoms with E-state index in [0.29, 0.717) is 11.8 Å². The Bertz CT molecular complexity index is 327. The third-order valence-corrected chi connectivity index (χ3v) is 1.82. The van der Waals surface area contributed by atoms with Crippen molar-refractivity contribution in [3.63, 3.8) is 0 Å². The Morgan fingerprint density at radius 3 is 2.75 bits per heavy atom. The second-order valence-corrected chi connectivity index (χ2v) is 3.16. The lowest BCUT2D eigenvalue weighted by Gasteiger charge is -2.08. The molecule has 1 heterocycles. The minimum absolute atomic E-state index is 0.0301. The molecular weight excluding hydrogens is 221 g/mol. The molecule has 0 aliphatic rings. The fourth-order valence-electron chi connectivity index (χ4n) is 1.08. The van der Waals surface area contributed by atoms with Crippen LogP contribution < -0.4 is 10.6 Å². The van der Waals surface area contributed by atoms with Gasteiger partial charge >= 0.3 is 6.18 Å². The molecule has 0 saturated heterocycles. The summed E-state index contributed by atoms with van der Waals surface area (Å²) in [5.41, 5.74) is 0. The highest BCUT2D eigenvalue weighted by Gasteiger charge is 2.25. The van der Waals surface area contributed by atoms with Crippen LogP contribution in [0.4, 0.5) is 24.9 Å². The van der Waals surface area contributed by atoms with Crippen molar-refractivity contribution in [2.75, 3.05) is 24.2 Å². The third kappa shape index (κ3) is 4.81. The lowest BCUT2D eigenvalue weighted by atomic mass is 10.3. The van der Waals surface area contributed by atoms with Crippen LogP contribution in [0.3, 0.4) is 0 Å². The maximum atomic E-state index is 11.8. The Morgan fingerprint density at radius 1 is 1.38 bits per heavy atom. The van der Waals surface area contributed by atoms with Crippen LogP contribution in [0.5, 0.6) is 0 Å². The average molecular weight is 234 g/mol. The molecule has 1 aromatic rings. The Labute approximate surface area is 91.3 Å². The highest BCUT2D eigenvalue weighted by atomic mass is 19.4. The summed E-state index contributed by atoms with van der Waals surface area (Å²) in [4.78, 5) is 7.89. The summed E-state index contributed by atoms with van der Waals surface area (Å²) < 4.78 is 35.5. The molecule has 0 aromatic carbocycles. The highest BCUT2D eigenvalue weighted by molar-refractivity contribution is 5.38. The van der Waals surface area contributed by atoms with Crippen molar-refractivity contribution >= 4 is 11.8 Å². The number of nitrogens with zero attached hydrogens (tertiary/aromatic N) is 2. The summed E-state index contributed by atoms with van der Waals surface area (Å²) in [6, 6.07) is 1.61. The minimum Gasteiger partial charge on any atom is -0.370 e. The van der Waals surface area contributed by atoms with Gasteiger partial charge in [0.05, 0.1) is 0 Å². The topological polar surface area (TPSA) is 49.8 Å². The summed E-state index contributed by atoms with van der Waals surface area (Å²) >= 11 is 0. The number of alkyl halides is 3. The standard InChI is InChI=1S/C9H13F3N4/c1-13-8-15-6-3-7(16-8)14-5-2-4-9(10,11)12/h3,6H,2,4-5H2,1H3,(H2,13,14,15,16). The second kappa shape index (κ2) is 5.53. The Hall–Kier alpha value is -1.53. The van der Waals surface area contributed by atoms with Gasteiger partial charge in [-0.25, -0.2) is 4.98 Å². The molecule has 90 valence electrons. The van der Waals surface area contributed by atoms with Crippen molar-refractivity contribution in [2.24, 2.45) is 0 Å². The van der Waals surface area contributed by atoms with Gasteiger partial charge in [0.25, 0.3) is 0 Å². The molecule has 0 radical (unpaired) electrons. The van der Waals surface area contributed by atoms with E-state index in [4.69, 9.17) is 0 Å². The van der Waals surface area contributed by atoms with Gasteiger partial charge in [-0.15, -0.1) is 0 Å². The number of halogens is 3. The molecule has 0 fully saturated rings. The first-order valence-electron chi connectivity index (χ1n) is 4.83. The van der Waals surface area contributed by atoms with E-state index >= 15 is 0 Å². The molecule has 0 aliphatic carbocycles. The summed E-state index contributed by atoms with van der Waals surface area (Å²) in [6.07, 6.45) is -3.32. The first-order valence-corrected chi connectivity index (χ1v) is 4.83. The number of hydrogen-bond donors (Lipinski definition) is 2. The third-order valence-electron chi connectivity index (χ3n) is 1.82. The van der Waals surface area contributed by atoms with Crippen LogP contribution in [0.25, 0.3) is 0 Å². The molecule has 0 bridgehead atoms. The van der Waals surface area contributed by atoms with Crippen LogP contribution in [0.1, 0.15) is 12.8 Å². The summed E-state index contributed by atoms with van der Waals surface area (Å²) in [5, 5.41) is 5.54. The van der Waals surface area contributed by atoms with Gasteiger partial charge in [-0.05, 0) is 12.5 Å². The SMILES string of the molecule is CNc1nccc(NCCCC(F)(F)F)n1. The van der Waals surface area contributed by atoms with Gasteiger partial charge in [-0.1, -0.05) is 0 Å². The minimum atomic E-state index is -4.09. The molecule has 7 heteroatoms. The lowest BCUT2D eigenvalue weighted by molar-refractivity contribution is -0.134. The molecule has 0 unspecified atom stereocenters. The predicted molar refractivity (Wildman–Crippen MR) is 55.4 cm³/mol. The highest BCUT2D eigenvalue weighted by Crippen LogP contribution is 2.21. The molecule has 1 rings (SSSR count). The number of anilines is 2. The maximum absolute atomic E-state index is 11.8. The van der Waals surface area contributed by atoms with Crippen molar-refractivity contribution in [3.8, 4) is 0 Å². The molecular formula is C9H13F3N4. The van der Waals surface area contributed by atoms with Gasteiger partial charge < -0.3 is 10.6 Å². The monoisotopic (exact) mass is 234 g/mol. The quantitative estimate of drug-likeness (QED) is 0.767. The largest absolute Gasteiger partial charge is 0.389 e. The van der Waals surface area contributed by atoms with Gasteiger partial charge in [0, 0.05) is 26.2 Å². The zero-order valence-corrected chi connectivity index (χ0v) is 8.80. The molecule has 0 amide bonds. The van der Waals surface area contributed by atoms with Crippen molar-refractivity contribution in [1.29, 1.82) is 0 Å². The van der Waals surface area contributed by atoms with Crippen LogP contribution in [-0.4, -0.2) is 29.7 Å². The molecule has 4 nitrogen and oxygen atoms in total. The normalized spacial score (nSPS) is 11.2. The fourth-order valence-corrected chi connectivity index (χ4v) is 1.08. The Balaban J connectivity index is 2.32. The van der Waals surface area contributed by atoms with Gasteiger partial charge in [-0.3, -0.25) is 0 Å². The van der Waals surface area contributed by atoms with Crippen molar-refractivity contribution in [3.05, 3.63) is 12.3 Å². The summed E-state index contributed by atoms with van der Waals surface area (Å²) in [5.74, 6) is 0.947. The smallest absolute Gasteiger partial charge is 0.370 e. The number of hydrogen-bond acceptors (Lipinski definition) is 4. The Kier molecular flexibility index (Phi) is 4.33. The van der Waals surface area contributed by atoms with E-state index in [2.05, 4.69) is 20.6 Å². The van der Waals surface area contributed by atoms with E-state index in [0.717, 1.165) is 0 Å². The van der Waals surface area contributed by atoms with Crippen LogP contribution in [0.2, 0.25) is 0 Å². The van der Waals surface area contributed by atoms with Crippen LogP contribution in [0.15, 0.2) is 12.3 Å². The van der Waals surface area contributed by atoms with Crippen molar-refractivity contribution in [1.82, 2.24) is 9.97 Å². The van der Waals surface area contributed by atoms with Crippen LogP contribution in [-0.2, 0) is 0 Å². The lowest BCUT2D eigenvalue weighted by Crippen LogP contribution is -2.11. The van der Waals surface area contributed by atoms with Gasteiger partial charge in [0.1, 0.15) is 5.82 Å². The maximum Gasteiger partial charge on any atom is 0.389 e. The van der Waals surface area contributed by atoms with E-state index < -0.39 is 12.6 Å². The summed E-state index contributed by atoms with van der Waals surface area (Å²) in [6.45, 7) is 0.236. The fraction of sp³-hybridized carbons (Fsp3) is 0.556.